The molecule has 0 saturated carbocycles. The molecule has 0 spiro atoms. The van der Waals surface area contributed by atoms with Crippen LogP contribution in [0.2, 0.25) is 0 Å². The zero-order valence-corrected chi connectivity index (χ0v) is 29.6. The summed E-state index contributed by atoms with van der Waals surface area (Å²) in [6, 6.07) is 65.8. The average Bonchev–Trinajstić information content (AvgIpc) is 3.65. The summed E-state index contributed by atoms with van der Waals surface area (Å²) >= 11 is 0. The zero-order chi connectivity index (χ0) is 36.3. The lowest BCUT2D eigenvalue weighted by molar-refractivity contribution is 0.670. The van der Waals surface area contributed by atoms with Gasteiger partial charge in [-0.2, -0.15) is 0 Å². The lowest BCUT2D eigenvalue weighted by Crippen LogP contribution is -2.00. The van der Waals surface area contributed by atoms with Gasteiger partial charge in [0.25, 0.3) is 0 Å². The molecule has 9 aromatic carbocycles. The average molecular weight is 702 g/mol. The van der Waals surface area contributed by atoms with E-state index in [1.165, 1.54) is 32.5 Å². The van der Waals surface area contributed by atoms with Crippen LogP contribution in [-0.2, 0) is 0 Å². The summed E-state index contributed by atoms with van der Waals surface area (Å²) in [5, 5.41) is 9.12. The Hall–Kier alpha value is -7.43. The van der Waals surface area contributed by atoms with Crippen LogP contribution in [0.1, 0.15) is 0 Å². The van der Waals surface area contributed by atoms with Gasteiger partial charge in [0.05, 0.1) is 0 Å². The lowest BCUT2D eigenvalue weighted by Gasteiger charge is -2.12. The molecule has 0 aliphatic carbocycles. The quantitative estimate of drug-likeness (QED) is 0.179. The van der Waals surface area contributed by atoms with Gasteiger partial charge in [-0.1, -0.05) is 158 Å². The molecule has 0 unspecified atom stereocenters. The lowest BCUT2D eigenvalue weighted by atomic mass is 9.96. The topological polar surface area (TPSA) is 51.8 Å². The number of hydrogen-bond donors (Lipinski definition) is 0. The van der Waals surface area contributed by atoms with Crippen LogP contribution in [0.4, 0.5) is 0 Å². The molecular formula is C51H31N3O. The first-order valence-electron chi connectivity index (χ1n) is 18.5. The van der Waals surface area contributed by atoms with Crippen LogP contribution < -0.4 is 0 Å². The van der Waals surface area contributed by atoms with Crippen LogP contribution in [0.25, 0.3) is 111 Å². The van der Waals surface area contributed by atoms with E-state index in [9.17, 15) is 0 Å². The smallest absolute Gasteiger partial charge is 0.164 e. The Balaban J connectivity index is 1.12. The van der Waals surface area contributed by atoms with Crippen molar-refractivity contribution in [3.8, 4) is 56.4 Å². The third-order valence-electron chi connectivity index (χ3n) is 10.7. The highest BCUT2D eigenvalue weighted by Gasteiger charge is 2.21. The number of rotatable bonds is 5. The van der Waals surface area contributed by atoms with Crippen molar-refractivity contribution in [2.45, 2.75) is 0 Å². The SMILES string of the molecule is c1ccc2cc(-c3nc(-c4ccc(-c5cccc6ccccc56)cc4)nc(-c4ccc(-c5ccc6ccccc6c5)c5oc6ccccc6c45)n3)ccc2c1. The third-order valence-corrected chi connectivity index (χ3v) is 10.7. The Kier molecular flexibility index (Phi) is 7.14. The highest BCUT2D eigenvalue weighted by atomic mass is 16.3. The molecule has 2 heterocycles. The van der Waals surface area contributed by atoms with Crippen molar-refractivity contribution in [2.24, 2.45) is 0 Å². The van der Waals surface area contributed by atoms with Crippen LogP contribution in [0.5, 0.6) is 0 Å². The van der Waals surface area contributed by atoms with Gasteiger partial charge in [0, 0.05) is 33.0 Å². The predicted octanol–water partition coefficient (Wildman–Crippen LogP) is 13.6. The normalized spacial score (nSPS) is 11.6. The second-order valence-electron chi connectivity index (χ2n) is 14.0. The fourth-order valence-electron chi connectivity index (χ4n) is 7.96. The summed E-state index contributed by atoms with van der Waals surface area (Å²) in [6.07, 6.45) is 0. The molecular weight excluding hydrogens is 671 g/mol. The van der Waals surface area contributed by atoms with Crippen molar-refractivity contribution in [3.05, 3.63) is 188 Å². The first-order valence-corrected chi connectivity index (χ1v) is 18.5. The van der Waals surface area contributed by atoms with Gasteiger partial charge in [-0.15, -0.1) is 0 Å². The maximum Gasteiger partial charge on any atom is 0.164 e. The molecule has 55 heavy (non-hydrogen) atoms. The summed E-state index contributed by atoms with van der Waals surface area (Å²) < 4.78 is 6.70. The largest absolute Gasteiger partial charge is 0.455 e. The van der Waals surface area contributed by atoms with Gasteiger partial charge in [-0.25, -0.2) is 15.0 Å². The van der Waals surface area contributed by atoms with E-state index in [-0.39, 0.29) is 0 Å². The van der Waals surface area contributed by atoms with Crippen molar-refractivity contribution in [1.29, 1.82) is 0 Å². The first-order chi connectivity index (χ1) is 27.2. The molecule has 0 aliphatic heterocycles. The molecule has 0 saturated heterocycles. The Morgan fingerprint density at radius 2 is 0.836 bits per heavy atom. The molecule has 0 amide bonds. The number of furan rings is 1. The summed E-state index contributed by atoms with van der Waals surface area (Å²) in [5.74, 6) is 1.81. The molecule has 0 bridgehead atoms. The second kappa shape index (κ2) is 12.6. The molecule has 11 rings (SSSR count). The minimum Gasteiger partial charge on any atom is -0.455 e. The molecule has 2 aromatic heterocycles. The molecule has 4 nitrogen and oxygen atoms in total. The van der Waals surface area contributed by atoms with Crippen molar-refractivity contribution in [2.75, 3.05) is 0 Å². The van der Waals surface area contributed by atoms with Crippen molar-refractivity contribution >= 4 is 54.3 Å². The van der Waals surface area contributed by atoms with E-state index in [1.807, 2.05) is 12.1 Å². The van der Waals surface area contributed by atoms with Crippen LogP contribution >= 0.6 is 0 Å². The third kappa shape index (κ3) is 5.34. The predicted molar refractivity (Wildman–Crippen MR) is 227 cm³/mol. The van der Waals surface area contributed by atoms with Crippen LogP contribution in [0.15, 0.2) is 192 Å². The van der Waals surface area contributed by atoms with Crippen molar-refractivity contribution in [1.82, 2.24) is 15.0 Å². The van der Waals surface area contributed by atoms with Crippen molar-refractivity contribution in [3.63, 3.8) is 0 Å². The maximum atomic E-state index is 6.70. The highest BCUT2D eigenvalue weighted by Crippen LogP contribution is 2.42. The molecule has 0 fully saturated rings. The minimum absolute atomic E-state index is 0.591. The monoisotopic (exact) mass is 701 g/mol. The van der Waals surface area contributed by atoms with Gasteiger partial charge in [-0.05, 0) is 79.3 Å². The number of aromatic nitrogens is 3. The summed E-state index contributed by atoms with van der Waals surface area (Å²) in [7, 11) is 0. The number of fused-ring (bicyclic) bond motifs is 6. The summed E-state index contributed by atoms with van der Waals surface area (Å²) in [6.45, 7) is 0. The van der Waals surface area contributed by atoms with Gasteiger partial charge in [0.2, 0.25) is 0 Å². The fraction of sp³-hybridized carbons (Fsp3) is 0. The Bertz CT molecular complexity index is 3270. The maximum absolute atomic E-state index is 6.70. The van der Waals surface area contributed by atoms with Crippen molar-refractivity contribution < 1.29 is 4.42 Å². The Morgan fingerprint density at radius 1 is 0.309 bits per heavy atom. The van der Waals surface area contributed by atoms with E-state index in [0.717, 1.165) is 60.7 Å². The fourth-order valence-corrected chi connectivity index (χ4v) is 7.96. The highest BCUT2D eigenvalue weighted by molar-refractivity contribution is 6.16. The molecule has 0 radical (unpaired) electrons. The summed E-state index contributed by atoms with van der Waals surface area (Å²) in [4.78, 5) is 15.6. The standard InChI is InChI=1S/C51H31N3O/c1-3-13-37-30-39(26-20-32(37)10-1)43-28-29-45(47-44-17-7-8-19-46(44)55-48(43)47)51-53-49(52-50(54-51)40-27-21-33-11-2-4-14-38(33)31-40)36-24-22-35(23-25-36)42-18-9-15-34-12-5-6-16-41(34)42/h1-31H. The van der Waals surface area contributed by atoms with Gasteiger partial charge >= 0.3 is 0 Å². The first kappa shape index (κ1) is 31.1. The van der Waals surface area contributed by atoms with Crippen LogP contribution in [0.3, 0.4) is 0 Å². The van der Waals surface area contributed by atoms with E-state index < -0.39 is 0 Å². The van der Waals surface area contributed by atoms with E-state index in [4.69, 9.17) is 19.4 Å². The van der Waals surface area contributed by atoms with Gasteiger partial charge < -0.3 is 4.42 Å². The molecule has 4 heteroatoms. The Morgan fingerprint density at radius 3 is 1.60 bits per heavy atom. The van der Waals surface area contributed by atoms with Crippen LogP contribution in [-0.4, -0.2) is 15.0 Å². The number of benzene rings is 9. The second-order valence-corrected chi connectivity index (χ2v) is 14.0. The van der Waals surface area contributed by atoms with Gasteiger partial charge in [0.15, 0.2) is 17.5 Å². The molecule has 11 aromatic rings. The minimum atomic E-state index is 0.591. The van der Waals surface area contributed by atoms with E-state index in [1.54, 1.807) is 0 Å². The summed E-state index contributed by atoms with van der Waals surface area (Å²) in [5.41, 5.74) is 8.81. The Labute approximate surface area is 317 Å². The van der Waals surface area contributed by atoms with Gasteiger partial charge in [0.1, 0.15) is 11.2 Å². The van der Waals surface area contributed by atoms with E-state index in [0.29, 0.717) is 17.5 Å². The molecule has 0 aliphatic rings. The number of hydrogen-bond acceptors (Lipinski definition) is 4. The zero-order valence-electron chi connectivity index (χ0n) is 29.6. The molecule has 256 valence electrons. The van der Waals surface area contributed by atoms with Gasteiger partial charge in [-0.3, -0.25) is 0 Å². The van der Waals surface area contributed by atoms with Crippen LogP contribution in [0, 0.1) is 0 Å². The number of para-hydroxylation sites is 1. The van der Waals surface area contributed by atoms with E-state index in [2.05, 4.69) is 176 Å². The van der Waals surface area contributed by atoms with E-state index >= 15 is 0 Å². The number of nitrogens with zero attached hydrogens (tertiary/aromatic N) is 3. The molecule has 0 atom stereocenters. The molecule has 0 N–H and O–H groups in total.